The van der Waals surface area contributed by atoms with E-state index in [0.29, 0.717) is 61.3 Å². The van der Waals surface area contributed by atoms with Gasteiger partial charge in [-0.2, -0.15) is 0 Å². The number of anilines is 1. The molecule has 176 valence electrons. The number of piperidine rings is 1. The van der Waals surface area contributed by atoms with Gasteiger partial charge in [-0.05, 0) is 55.3 Å². The van der Waals surface area contributed by atoms with Crippen LogP contribution >= 0.6 is 11.6 Å². The molecule has 0 radical (unpaired) electrons. The van der Waals surface area contributed by atoms with Gasteiger partial charge < -0.3 is 19.7 Å². The van der Waals surface area contributed by atoms with E-state index in [1.165, 1.54) is 0 Å². The summed E-state index contributed by atoms with van der Waals surface area (Å²) in [5.74, 6) is 1.65. The summed E-state index contributed by atoms with van der Waals surface area (Å²) < 4.78 is 11.3. The van der Waals surface area contributed by atoms with Crippen LogP contribution in [0.5, 0.6) is 17.4 Å². The summed E-state index contributed by atoms with van der Waals surface area (Å²) in [7, 11) is 0. The van der Waals surface area contributed by atoms with Gasteiger partial charge in [0.15, 0.2) is 0 Å². The van der Waals surface area contributed by atoms with Crippen molar-refractivity contribution in [2.24, 2.45) is 5.92 Å². The second-order valence-corrected chi connectivity index (χ2v) is 8.43. The average Bonchev–Trinajstić information content (AvgIpc) is 2.87. The van der Waals surface area contributed by atoms with Gasteiger partial charge >= 0.3 is 0 Å². The molecule has 1 aliphatic rings. The van der Waals surface area contributed by atoms with Gasteiger partial charge in [-0.1, -0.05) is 29.8 Å². The molecule has 1 N–H and O–H groups in total. The lowest BCUT2D eigenvalue weighted by molar-refractivity contribution is -0.135. The standard InChI is InChI=1S/C26H26ClN3O4/c27-20-6-9-23(10-7-20)34-24-11-8-21(18-28-24)29-26(32)19-12-15-30(16-13-19)25(31)14-17-33-22-4-2-1-3-5-22/h1-11,18-19H,12-17H2,(H,29,32). The van der Waals surface area contributed by atoms with Crippen molar-refractivity contribution in [1.29, 1.82) is 0 Å². The number of likely N-dealkylation sites (tertiary alicyclic amines) is 1. The molecule has 1 saturated heterocycles. The minimum absolute atomic E-state index is 0.0512. The molecule has 2 amide bonds. The third kappa shape index (κ3) is 6.71. The van der Waals surface area contributed by atoms with Gasteiger partial charge in [0.05, 0.1) is 24.9 Å². The minimum atomic E-state index is -0.144. The first-order chi connectivity index (χ1) is 16.6. The first-order valence-corrected chi connectivity index (χ1v) is 11.6. The fourth-order valence-corrected chi connectivity index (χ4v) is 3.83. The molecule has 0 saturated carbocycles. The van der Waals surface area contributed by atoms with Gasteiger partial charge in [0.25, 0.3) is 0 Å². The van der Waals surface area contributed by atoms with E-state index >= 15 is 0 Å². The highest BCUT2D eigenvalue weighted by Crippen LogP contribution is 2.24. The zero-order valence-corrected chi connectivity index (χ0v) is 19.4. The van der Waals surface area contributed by atoms with Crippen molar-refractivity contribution in [1.82, 2.24) is 9.88 Å². The Kier molecular flexibility index (Phi) is 7.99. The Balaban J connectivity index is 1.19. The van der Waals surface area contributed by atoms with Gasteiger partial charge in [-0.3, -0.25) is 9.59 Å². The van der Waals surface area contributed by atoms with E-state index in [9.17, 15) is 9.59 Å². The van der Waals surface area contributed by atoms with E-state index in [0.717, 1.165) is 5.75 Å². The number of benzene rings is 2. The van der Waals surface area contributed by atoms with Crippen molar-refractivity contribution < 1.29 is 19.1 Å². The second-order valence-electron chi connectivity index (χ2n) is 8.00. The smallest absolute Gasteiger partial charge is 0.227 e. The largest absolute Gasteiger partial charge is 0.493 e. The maximum atomic E-state index is 12.7. The number of amides is 2. The number of pyridine rings is 1. The van der Waals surface area contributed by atoms with Gasteiger partial charge in [0.1, 0.15) is 11.5 Å². The Labute approximate surface area is 203 Å². The molecule has 3 aromatic rings. The number of ether oxygens (including phenoxy) is 2. The fraction of sp³-hybridized carbons (Fsp3) is 0.269. The van der Waals surface area contributed by atoms with Crippen LogP contribution in [-0.4, -0.2) is 41.4 Å². The molecule has 2 aromatic carbocycles. The molecule has 34 heavy (non-hydrogen) atoms. The molecule has 4 rings (SSSR count). The molecule has 0 spiro atoms. The molecule has 1 aliphatic heterocycles. The number of hydrogen-bond donors (Lipinski definition) is 1. The van der Waals surface area contributed by atoms with Gasteiger partial charge in [0, 0.05) is 30.1 Å². The maximum absolute atomic E-state index is 12.7. The first kappa shape index (κ1) is 23.6. The Morgan fingerprint density at radius 2 is 1.71 bits per heavy atom. The predicted octanol–water partition coefficient (Wildman–Crippen LogP) is 5.17. The third-order valence-electron chi connectivity index (χ3n) is 5.59. The van der Waals surface area contributed by atoms with E-state index in [4.69, 9.17) is 21.1 Å². The number of hydrogen-bond acceptors (Lipinski definition) is 5. The molecule has 8 heteroatoms. The molecular weight excluding hydrogens is 454 g/mol. The van der Waals surface area contributed by atoms with Crippen LogP contribution in [0.15, 0.2) is 72.9 Å². The highest BCUT2D eigenvalue weighted by atomic mass is 35.5. The van der Waals surface area contributed by atoms with Gasteiger partial charge in [0.2, 0.25) is 17.7 Å². The van der Waals surface area contributed by atoms with Crippen LogP contribution in [-0.2, 0) is 9.59 Å². The lowest BCUT2D eigenvalue weighted by atomic mass is 9.95. The number of rotatable bonds is 8. The number of carbonyl (C=O) groups is 2. The monoisotopic (exact) mass is 479 g/mol. The van der Waals surface area contributed by atoms with Crippen molar-refractivity contribution in [2.75, 3.05) is 25.0 Å². The van der Waals surface area contributed by atoms with Gasteiger partial charge in [-0.25, -0.2) is 4.98 Å². The summed E-state index contributed by atoms with van der Waals surface area (Å²) in [6, 6.07) is 19.9. The highest BCUT2D eigenvalue weighted by Gasteiger charge is 2.27. The molecule has 1 fully saturated rings. The number of aromatic nitrogens is 1. The number of carbonyl (C=O) groups excluding carboxylic acids is 2. The molecule has 1 aromatic heterocycles. The lowest BCUT2D eigenvalue weighted by Gasteiger charge is -2.31. The normalized spacial score (nSPS) is 13.9. The van der Waals surface area contributed by atoms with Crippen molar-refractivity contribution >= 4 is 29.1 Å². The van der Waals surface area contributed by atoms with Crippen LogP contribution in [0.3, 0.4) is 0 Å². The Bertz CT molecular complexity index is 1080. The van der Waals surface area contributed by atoms with Crippen molar-refractivity contribution in [3.05, 3.63) is 77.9 Å². The minimum Gasteiger partial charge on any atom is -0.493 e. The van der Waals surface area contributed by atoms with E-state index in [1.807, 2.05) is 35.2 Å². The van der Waals surface area contributed by atoms with E-state index in [2.05, 4.69) is 10.3 Å². The Hall–Kier alpha value is -3.58. The third-order valence-corrected chi connectivity index (χ3v) is 5.84. The van der Waals surface area contributed by atoms with Crippen LogP contribution in [0.2, 0.25) is 5.02 Å². The van der Waals surface area contributed by atoms with E-state index in [-0.39, 0.29) is 17.7 Å². The molecule has 0 atom stereocenters. The summed E-state index contributed by atoms with van der Waals surface area (Å²) in [4.78, 5) is 31.2. The summed E-state index contributed by atoms with van der Waals surface area (Å²) in [6.45, 7) is 1.47. The maximum Gasteiger partial charge on any atom is 0.227 e. The molecule has 2 heterocycles. The van der Waals surface area contributed by atoms with Gasteiger partial charge in [-0.15, -0.1) is 0 Å². The molecule has 7 nitrogen and oxygen atoms in total. The highest BCUT2D eigenvalue weighted by molar-refractivity contribution is 6.30. The second kappa shape index (κ2) is 11.5. The number of nitrogens with zero attached hydrogens (tertiary/aromatic N) is 2. The molecule has 0 aliphatic carbocycles. The lowest BCUT2D eigenvalue weighted by Crippen LogP contribution is -2.41. The van der Waals surface area contributed by atoms with Crippen molar-refractivity contribution in [3.8, 4) is 17.4 Å². The summed E-state index contributed by atoms with van der Waals surface area (Å²) in [5, 5.41) is 3.54. The zero-order valence-electron chi connectivity index (χ0n) is 18.7. The van der Waals surface area contributed by atoms with Crippen LogP contribution < -0.4 is 14.8 Å². The molecular formula is C26H26ClN3O4. The Morgan fingerprint density at radius 3 is 2.38 bits per heavy atom. The number of para-hydroxylation sites is 1. The van der Waals surface area contributed by atoms with E-state index in [1.54, 1.807) is 42.6 Å². The van der Waals surface area contributed by atoms with Crippen LogP contribution in [0.1, 0.15) is 19.3 Å². The number of nitrogens with one attached hydrogen (secondary N) is 1. The molecule has 0 bridgehead atoms. The van der Waals surface area contributed by atoms with Crippen LogP contribution in [0.25, 0.3) is 0 Å². The first-order valence-electron chi connectivity index (χ1n) is 11.2. The fourth-order valence-electron chi connectivity index (χ4n) is 3.70. The average molecular weight is 480 g/mol. The van der Waals surface area contributed by atoms with Crippen molar-refractivity contribution in [3.63, 3.8) is 0 Å². The van der Waals surface area contributed by atoms with E-state index < -0.39 is 0 Å². The van der Waals surface area contributed by atoms with Crippen molar-refractivity contribution in [2.45, 2.75) is 19.3 Å². The predicted molar refractivity (Wildman–Crippen MR) is 130 cm³/mol. The molecule has 0 unspecified atom stereocenters. The summed E-state index contributed by atoms with van der Waals surface area (Å²) >= 11 is 5.88. The topological polar surface area (TPSA) is 80.8 Å². The van der Waals surface area contributed by atoms with Crippen LogP contribution in [0, 0.1) is 5.92 Å². The summed E-state index contributed by atoms with van der Waals surface area (Å²) in [6.07, 6.45) is 3.14. The van der Waals surface area contributed by atoms with Crippen LogP contribution in [0.4, 0.5) is 5.69 Å². The zero-order chi connectivity index (χ0) is 23.8. The SMILES string of the molecule is O=C(Nc1ccc(Oc2ccc(Cl)cc2)nc1)C1CCN(C(=O)CCOc2ccccc2)CC1. The Morgan fingerprint density at radius 1 is 0.971 bits per heavy atom. The summed E-state index contributed by atoms with van der Waals surface area (Å²) in [5.41, 5.74) is 0.602. The quantitative estimate of drug-likeness (QED) is 0.482. The number of halogens is 1.